The highest BCUT2D eigenvalue weighted by Gasteiger charge is 2.30. The van der Waals surface area contributed by atoms with Crippen molar-refractivity contribution in [2.24, 2.45) is 0 Å². The molecule has 1 fully saturated rings. The quantitative estimate of drug-likeness (QED) is 0.864. The van der Waals surface area contributed by atoms with Crippen LogP contribution in [0.4, 0.5) is 0 Å². The highest BCUT2D eigenvalue weighted by molar-refractivity contribution is 7.89. The third kappa shape index (κ3) is 4.06. The van der Waals surface area contributed by atoms with E-state index in [2.05, 4.69) is 9.88 Å². The molecule has 3 rings (SSSR count). The largest absolute Gasteiger partial charge is 0.360 e. The Morgan fingerprint density at radius 2 is 1.81 bits per heavy atom. The minimum absolute atomic E-state index is 0.00914. The number of sulfonamides is 1. The van der Waals surface area contributed by atoms with Crippen molar-refractivity contribution in [2.45, 2.75) is 51.5 Å². The van der Waals surface area contributed by atoms with Gasteiger partial charge in [0, 0.05) is 24.7 Å². The SMILES string of the molecule is Cc1ccc(C(=O)N2CCC(NS(=O)(=O)c3c(C)noc3C)CC2)cc1C. The Morgan fingerprint density at radius 1 is 1.15 bits per heavy atom. The van der Waals surface area contributed by atoms with Gasteiger partial charge >= 0.3 is 0 Å². The van der Waals surface area contributed by atoms with Gasteiger partial charge in [0.2, 0.25) is 10.0 Å². The normalized spacial score (nSPS) is 15.9. The van der Waals surface area contributed by atoms with E-state index in [9.17, 15) is 13.2 Å². The highest BCUT2D eigenvalue weighted by Crippen LogP contribution is 2.22. The predicted molar refractivity (Wildman–Crippen MR) is 101 cm³/mol. The Hall–Kier alpha value is -2.19. The number of benzene rings is 1. The van der Waals surface area contributed by atoms with Crippen LogP contribution in [0.25, 0.3) is 0 Å². The lowest BCUT2D eigenvalue weighted by Gasteiger charge is -2.32. The molecule has 0 saturated carbocycles. The van der Waals surface area contributed by atoms with E-state index in [1.165, 1.54) is 0 Å². The van der Waals surface area contributed by atoms with Crippen molar-refractivity contribution in [2.75, 3.05) is 13.1 Å². The second kappa shape index (κ2) is 7.44. The molecule has 0 atom stereocenters. The van der Waals surface area contributed by atoms with Crippen LogP contribution >= 0.6 is 0 Å². The number of hydrogen-bond acceptors (Lipinski definition) is 5. The summed E-state index contributed by atoms with van der Waals surface area (Å²) in [5.41, 5.74) is 3.26. The lowest BCUT2D eigenvalue weighted by molar-refractivity contribution is 0.0711. The van der Waals surface area contributed by atoms with Crippen molar-refractivity contribution < 1.29 is 17.7 Å². The van der Waals surface area contributed by atoms with Crippen molar-refractivity contribution >= 4 is 15.9 Å². The van der Waals surface area contributed by atoms with Crippen molar-refractivity contribution in [1.82, 2.24) is 14.8 Å². The Bertz CT molecular complexity index is 938. The van der Waals surface area contributed by atoms with E-state index in [1.807, 2.05) is 32.0 Å². The summed E-state index contributed by atoms with van der Waals surface area (Å²) < 4.78 is 32.9. The Labute approximate surface area is 159 Å². The molecule has 1 aliphatic rings. The second-order valence-electron chi connectivity index (χ2n) is 7.14. The molecule has 0 bridgehead atoms. The van der Waals surface area contributed by atoms with Crippen LogP contribution in [0.1, 0.15) is 45.8 Å². The molecule has 2 heterocycles. The Kier molecular flexibility index (Phi) is 5.39. The number of likely N-dealkylation sites (tertiary alicyclic amines) is 1. The second-order valence-corrected chi connectivity index (χ2v) is 8.79. The number of hydrogen-bond donors (Lipinski definition) is 1. The fourth-order valence-electron chi connectivity index (χ4n) is 3.39. The molecule has 1 aromatic carbocycles. The fourth-order valence-corrected chi connectivity index (χ4v) is 5.03. The Balaban J connectivity index is 1.63. The molecule has 7 nitrogen and oxygen atoms in total. The molecule has 0 aliphatic carbocycles. The Morgan fingerprint density at radius 3 is 2.37 bits per heavy atom. The first-order valence-corrected chi connectivity index (χ1v) is 10.5. The smallest absolute Gasteiger partial charge is 0.253 e. The van der Waals surface area contributed by atoms with Crippen LogP contribution in [0.2, 0.25) is 0 Å². The number of aromatic nitrogens is 1. The van der Waals surface area contributed by atoms with E-state index in [1.54, 1.807) is 18.7 Å². The van der Waals surface area contributed by atoms with Gasteiger partial charge in [-0.05, 0) is 63.8 Å². The van der Waals surface area contributed by atoms with Gasteiger partial charge in [-0.1, -0.05) is 11.2 Å². The van der Waals surface area contributed by atoms with Gasteiger partial charge in [0.1, 0.15) is 10.6 Å². The summed E-state index contributed by atoms with van der Waals surface area (Å²) in [5, 5.41) is 3.71. The molecular formula is C19H25N3O4S. The number of aryl methyl sites for hydroxylation is 4. The van der Waals surface area contributed by atoms with Gasteiger partial charge in [-0.2, -0.15) is 0 Å². The van der Waals surface area contributed by atoms with Crippen molar-refractivity contribution in [3.05, 3.63) is 46.3 Å². The molecule has 0 radical (unpaired) electrons. The zero-order valence-electron chi connectivity index (χ0n) is 16.1. The molecule has 27 heavy (non-hydrogen) atoms. The zero-order chi connectivity index (χ0) is 19.8. The van der Waals surface area contributed by atoms with Gasteiger partial charge in [0.05, 0.1) is 0 Å². The van der Waals surface area contributed by atoms with Crippen LogP contribution < -0.4 is 4.72 Å². The van der Waals surface area contributed by atoms with Crippen LogP contribution in [-0.4, -0.2) is 43.5 Å². The minimum Gasteiger partial charge on any atom is -0.360 e. The maximum absolute atomic E-state index is 12.7. The number of piperidine rings is 1. The minimum atomic E-state index is -3.69. The van der Waals surface area contributed by atoms with Crippen molar-refractivity contribution in [3.8, 4) is 0 Å². The van der Waals surface area contributed by atoms with Crippen molar-refractivity contribution in [1.29, 1.82) is 0 Å². The van der Waals surface area contributed by atoms with Crippen LogP contribution in [0.5, 0.6) is 0 Å². The average molecular weight is 391 g/mol. The monoisotopic (exact) mass is 391 g/mol. The number of amides is 1. The molecular weight excluding hydrogens is 366 g/mol. The third-order valence-corrected chi connectivity index (χ3v) is 6.86. The van der Waals surface area contributed by atoms with Crippen LogP contribution in [0, 0.1) is 27.7 Å². The lowest BCUT2D eigenvalue weighted by atomic mass is 10.0. The molecule has 1 saturated heterocycles. The number of nitrogens with one attached hydrogen (secondary N) is 1. The molecule has 8 heteroatoms. The first-order valence-electron chi connectivity index (χ1n) is 9.01. The zero-order valence-corrected chi connectivity index (χ0v) is 16.9. The van der Waals surface area contributed by atoms with E-state index >= 15 is 0 Å². The van der Waals surface area contributed by atoms with Gasteiger partial charge in [-0.15, -0.1) is 0 Å². The van der Waals surface area contributed by atoms with Gasteiger partial charge in [0.15, 0.2) is 5.76 Å². The van der Waals surface area contributed by atoms with E-state index in [-0.39, 0.29) is 22.6 Å². The number of nitrogens with zero attached hydrogens (tertiary/aromatic N) is 2. The summed E-state index contributed by atoms with van der Waals surface area (Å²) in [6.45, 7) is 8.22. The molecule has 1 amide bonds. The van der Waals surface area contributed by atoms with E-state index in [4.69, 9.17) is 4.52 Å². The van der Waals surface area contributed by atoms with E-state index < -0.39 is 10.0 Å². The summed E-state index contributed by atoms with van der Waals surface area (Å²) in [7, 11) is -3.69. The van der Waals surface area contributed by atoms with Gasteiger partial charge in [-0.3, -0.25) is 4.79 Å². The molecule has 0 spiro atoms. The predicted octanol–water partition coefficient (Wildman–Crippen LogP) is 2.49. The van der Waals surface area contributed by atoms with E-state index in [0.717, 1.165) is 11.1 Å². The molecule has 0 unspecified atom stereocenters. The lowest BCUT2D eigenvalue weighted by Crippen LogP contribution is -2.46. The number of carbonyl (C=O) groups is 1. The van der Waals surface area contributed by atoms with Crippen LogP contribution in [0.3, 0.4) is 0 Å². The molecule has 1 N–H and O–H groups in total. The fraction of sp³-hybridized carbons (Fsp3) is 0.474. The summed E-state index contributed by atoms with van der Waals surface area (Å²) >= 11 is 0. The highest BCUT2D eigenvalue weighted by atomic mass is 32.2. The molecule has 2 aromatic rings. The molecule has 1 aliphatic heterocycles. The maximum Gasteiger partial charge on any atom is 0.253 e. The summed E-state index contributed by atoms with van der Waals surface area (Å²) in [4.78, 5) is 14.6. The topological polar surface area (TPSA) is 92.5 Å². The van der Waals surface area contributed by atoms with Crippen LogP contribution in [0.15, 0.2) is 27.6 Å². The summed E-state index contributed by atoms with van der Waals surface area (Å²) in [5.74, 6) is 0.271. The first-order chi connectivity index (χ1) is 12.7. The van der Waals surface area contributed by atoms with Crippen LogP contribution in [-0.2, 0) is 10.0 Å². The summed E-state index contributed by atoms with van der Waals surface area (Å²) in [6.07, 6.45) is 1.14. The third-order valence-electron chi connectivity index (χ3n) is 5.09. The maximum atomic E-state index is 12.7. The number of rotatable bonds is 4. The first kappa shape index (κ1) is 19.6. The van der Waals surface area contributed by atoms with Gasteiger partial charge < -0.3 is 9.42 Å². The van der Waals surface area contributed by atoms with Crippen molar-refractivity contribution in [3.63, 3.8) is 0 Å². The summed E-state index contributed by atoms with van der Waals surface area (Å²) in [6, 6.07) is 5.49. The molecule has 1 aromatic heterocycles. The van der Waals surface area contributed by atoms with Gasteiger partial charge in [0.25, 0.3) is 5.91 Å². The van der Waals surface area contributed by atoms with E-state index in [0.29, 0.717) is 37.2 Å². The average Bonchev–Trinajstić information content (AvgIpc) is 2.96. The number of carbonyl (C=O) groups excluding carboxylic acids is 1. The van der Waals surface area contributed by atoms with Gasteiger partial charge in [-0.25, -0.2) is 13.1 Å². The molecule has 146 valence electrons. The standard InChI is InChI=1S/C19H25N3O4S/c1-12-5-6-16(11-13(12)2)19(23)22-9-7-17(8-10-22)21-27(24,25)18-14(3)20-26-15(18)4/h5-6,11,17,21H,7-10H2,1-4H3.